The molecule has 2 rings (SSSR count). The van der Waals surface area contributed by atoms with Crippen LogP contribution in [-0.4, -0.2) is 19.8 Å². The number of benzene rings is 2. The molecule has 0 aliphatic heterocycles. The molecule has 0 saturated heterocycles. The molecule has 0 fully saturated rings. The minimum atomic E-state index is 0.623. The lowest BCUT2D eigenvalue weighted by atomic mass is 10.0. The summed E-state index contributed by atoms with van der Waals surface area (Å²) >= 11 is 2.31. The van der Waals surface area contributed by atoms with Crippen LogP contribution in [0.25, 0.3) is 11.1 Å². The SMILES string of the molecule is CCCCCCOc1ccc(-c2c(OCC)ccc(I)c2OCC)cc1. The van der Waals surface area contributed by atoms with Crippen molar-refractivity contribution in [1.29, 1.82) is 0 Å². The van der Waals surface area contributed by atoms with E-state index < -0.39 is 0 Å². The second-order valence-electron chi connectivity index (χ2n) is 6.05. The maximum absolute atomic E-state index is 5.92. The zero-order valence-corrected chi connectivity index (χ0v) is 18.2. The summed E-state index contributed by atoms with van der Waals surface area (Å²) in [6, 6.07) is 12.3. The maximum atomic E-state index is 5.92. The maximum Gasteiger partial charge on any atom is 0.144 e. The molecule has 0 aromatic heterocycles. The van der Waals surface area contributed by atoms with Gasteiger partial charge in [-0.05, 0) is 72.7 Å². The van der Waals surface area contributed by atoms with Gasteiger partial charge in [0.15, 0.2) is 0 Å². The Morgan fingerprint density at radius 1 is 0.769 bits per heavy atom. The fourth-order valence-electron chi connectivity index (χ4n) is 2.81. The normalized spacial score (nSPS) is 10.6. The number of hydrogen-bond donors (Lipinski definition) is 0. The molecular formula is C22H29IO3. The van der Waals surface area contributed by atoms with Gasteiger partial charge in [0, 0.05) is 0 Å². The van der Waals surface area contributed by atoms with Crippen molar-refractivity contribution in [2.45, 2.75) is 46.5 Å². The predicted molar refractivity (Wildman–Crippen MR) is 117 cm³/mol. The highest BCUT2D eigenvalue weighted by atomic mass is 127. The fraction of sp³-hybridized carbons (Fsp3) is 0.455. The third-order valence-electron chi connectivity index (χ3n) is 4.07. The Labute approximate surface area is 171 Å². The smallest absolute Gasteiger partial charge is 0.144 e. The van der Waals surface area contributed by atoms with E-state index in [1.807, 2.05) is 38.1 Å². The van der Waals surface area contributed by atoms with Gasteiger partial charge in [0.05, 0.1) is 29.0 Å². The predicted octanol–water partition coefficient (Wildman–Crippen LogP) is 6.71. The van der Waals surface area contributed by atoms with E-state index in [-0.39, 0.29) is 0 Å². The Balaban J connectivity index is 2.20. The summed E-state index contributed by atoms with van der Waals surface area (Å²) in [6.45, 7) is 8.24. The highest BCUT2D eigenvalue weighted by molar-refractivity contribution is 14.1. The molecule has 0 saturated carbocycles. The van der Waals surface area contributed by atoms with E-state index in [2.05, 4.69) is 41.6 Å². The molecule has 3 nitrogen and oxygen atoms in total. The molecule has 0 bridgehead atoms. The Kier molecular flexibility index (Phi) is 9.09. The Hall–Kier alpha value is -1.43. The van der Waals surface area contributed by atoms with Gasteiger partial charge < -0.3 is 14.2 Å². The first-order valence-corrected chi connectivity index (χ1v) is 10.6. The van der Waals surface area contributed by atoms with Crippen LogP contribution in [0.2, 0.25) is 0 Å². The fourth-order valence-corrected chi connectivity index (χ4v) is 3.42. The third kappa shape index (κ3) is 5.79. The van der Waals surface area contributed by atoms with Crippen LogP contribution in [0.4, 0.5) is 0 Å². The lowest BCUT2D eigenvalue weighted by molar-refractivity contribution is 0.305. The average Bonchev–Trinajstić information content (AvgIpc) is 2.65. The molecule has 0 unspecified atom stereocenters. The van der Waals surface area contributed by atoms with E-state index in [1.165, 1.54) is 19.3 Å². The van der Waals surface area contributed by atoms with Crippen molar-refractivity contribution in [1.82, 2.24) is 0 Å². The van der Waals surface area contributed by atoms with Gasteiger partial charge >= 0.3 is 0 Å². The summed E-state index contributed by atoms with van der Waals surface area (Å²) in [5.41, 5.74) is 2.09. The first-order valence-electron chi connectivity index (χ1n) is 9.52. The Morgan fingerprint density at radius 3 is 2.15 bits per heavy atom. The van der Waals surface area contributed by atoms with Crippen LogP contribution < -0.4 is 14.2 Å². The van der Waals surface area contributed by atoms with E-state index in [0.29, 0.717) is 13.2 Å². The zero-order chi connectivity index (χ0) is 18.8. The summed E-state index contributed by atoms with van der Waals surface area (Å²) in [5.74, 6) is 2.64. The van der Waals surface area contributed by atoms with Gasteiger partial charge in [-0.25, -0.2) is 0 Å². The number of rotatable bonds is 11. The van der Waals surface area contributed by atoms with Crippen molar-refractivity contribution in [3.8, 4) is 28.4 Å². The van der Waals surface area contributed by atoms with E-state index in [1.54, 1.807) is 0 Å². The van der Waals surface area contributed by atoms with Crippen LogP contribution in [-0.2, 0) is 0 Å². The molecule has 4 heteroatoms. The number of halogens is 1. The number of unbranched alkanes of at least 4 members (excludes halogenated alkanes) is 3. The second-order valence-corrected chi connectivity index (χ2v) is 7.21. The standard InChI is InChI=1S/C22H29IO3/c1-4-7-8-9-16-26-18-12-10-17(11-13-18)21-20(24-5-2)15-14-19(23)22(21)25-6-3/h10-15H,4-9,16H2,1-3H3. The summed E-state index contributed by atoms with van der Waals surface area (Å²) < 4.78 is 18.7. The van der Waals surface area contributed by atoms with E-state index in [0.717, 1.165) is 45.0 Å². The molecule has 2 aromatic rings. The lowest BCUT2D eigenvalue weighted by Gasteiger charge is -2.17. The van der Waals surface area contributed by atoms with Crippen LogP contribution in [0.5, 0.6) is 17.2 Å². The molecule has 0 spiro atoms. The molecule has 0 N–H and O–H groups in total. The van der Waals surface area contributed by atoms with Crippen LogP contribution >= 0.6 is 22.6 Å². The summed E-state index contributed by atoms with van der Waals surface area (Å²) in [6.07, 6.45) is 4.85. The summed E-state index contributed by atoms with van der Waals surface area (Å²) in [7, 11) is 0. The Morgan fingerprint density at radius 2 is 1.50 bits per heavy atom. The zero-order valence-electron chi connectivity index (χ0n) is 16.0. The first kappa shape index (κ1) is 20.9. The topological polar surface area (TPSA) is 27.7 Å². The van der Waals surface area contributed by atoms with E-state index in [9.17, 15) is 0 Å². The van der Waals surface area contributed by atoms with Gasteiger partial charge in [-0.15, -0.1) is 0 Å². The molecule has 0 aliphatic carbocycles. The van der Waals surface area contributed by atoms with Crippen molar-refractivity contribution in [2.24, 2.45) is 0 Å². The van der Waals surface area contributed by atoms with Gasteiger partial charge in [-0.1, -0.05) is 38.3 Å². The van der Waals surface area contributed by atoms with Gasteiger partial charge in [0.2, 0.25) is 0 Å². The van der Waals surface area contributed by atoms with Crippen molar-refractivity contribution in [3.05, 3.63) is 40.0 Å². The van der Waals surface area contributed by atoms with Crippen LogP contribution in [0.1, 0.15) is 46.5 Å². The molecule has 0 radical (unpaired) electrons. The van der Waals surface area contributed by atoms with E-state index in [4.69, 9.17) is 14.2 Å². The lowest BCUT2D eigenvalue weighted by Crippen LogP contribution is -2.01. The summed E-state index contributed by atoms with van der Waals surface area (Å²) in [4.78, 5) is 0. The minimum Gasteiger partial charge on any atom is -0.494 e. The second kappa shape index (κ2) is 11.3. The third-order valence-corrected chi connectivity index (χ3v) is 4.92. The van der Waals surface area contributed by atoms with Crippen molar-refractivity contribution in [3.63, 3.8) is 0 Å². The first-order chi connectivity index (χ1) is 12.7. The molecule has 0 heterocycles. The molecule has 142 valence electrons. The molecule has 0 atom stereocenters. The highest BCUT2D eigenvalue weighted by Crippen LogP contribution is 2.42. The quantitative estimate of drug-likeness (QED) is 0.271. The monoisotopic (exact) mass is 468 g/mol. The number of hydrogen-bond acceptors (Lipinski definition) is 3. The van der Waals surface area contributed by atoms with Crippen LogP contribution in [0, 0.1) is 3.57 Å². The van der Waals surface area contributed by atoms with Crippen LogP contribution in [0.15, 0.2) is 36.4 Å². The molecular weight excluding hydrogens is 439 g/mol. The average molecular weight is 468 g/mol. The van der Waals surface area contributed by atoms with Gasteiger partial charge in [-0.3, -0.25) is 0 Å². The molecule has 0 amide bonds. The highest BCUT2D eigenvalue weighted by Gasteiger charge is 2.16. The molecule has 2 aromatic carbocycles. The van der Waals surface area contributed by atoms with E-state index >= 15 is 0 Å². The van der Waals surface area contributed by atoms with Gasteiger partial charge in [0.1, 0.15) is 17.2 Å². The summed E-state index contributed by atoms with van der Waals surface area (Å²) in [5, 5.41) is 0. The van der Waals surface area contributed by atoms with Gasteiger partial charge in [0.25, 0.3) is 0 Å². The number of ether oxygens (including phenoxy) is 3. The van der Waals surface area contributed by atoms with Gasteiger partial charge in [-0.2, -0.15) is 0 Å². The molecule has 26 heavy (non-hydrogen) atoms. The van der Waals surface area contributed by atoms with Crippen LogP contribution in [0.3, 0.4) is 0 Å². The Bertz CT molecular complexity index is 668. The van der Waals surface area contributed by atoms with Crippen molar-refractivity contribution in [2.75, 3.05) is 19.8 Å². The minimum absolute atomic E-state index is 0.623. The largest absolute Gasteiger partial charge is 0.494 e. The van der Waals surface area contributed by atoms with Crippen molar-refractivity contribution < 1.29 is 14.2 Å². The van der Waals surface area contributed by atoms with Crippen molar-refractivity contribution >= 4 is 22.6 Å². The molecule has 0 aliphatic rings.